The average Bonchev–Trinajstić information content (AvgIpc) is 3.83. The van der Waals surface area contributed by atoms with Gasteiger partial charge in [0.1, 0.15) is 11.2 Å². The highest BCUT2D eigenvalue weighted by molar-refractivity contribution is 6.09. The van der Waals surface area contributed by atoms with Crippen molar-refractivity contribution in [2.45, 2.75) is 0 Å². The number of hydrogen-bond acceptors (Lipinski definition) is 4. The lowest BCUT2D eigenvalue weighted by atomic mass is 10.0. The fourth-order valence-corrected chi connectivity index (χ4v) is 9.63. The van der Waals surface area contributed by atoms with Gasteiger partial charge in [-0.1, -0.05) is 170 Å². The molecule has 0 spiro atoms. The van der Waals surface area contributed by atoms with Gasteiger partial charge in [-0.2, -0.15) is 0 Å². The summed E-state index contributed by atoms with van der Waals surface area (Å²) >= 11 is 0. The third-order valence-corrected chi connectivity index (χ3v) is 13.1. The minimum absolute atomic E-state index is 0.897. The van der Waals surface area contributed by atoms with Gasteiger partial charge in [-0.05, 0) is 143 Å². The molecule has 0 bridgehead atoms. The van der Waals surface area contributed by atoms with E-state index in [-0.39, 0.29) is 0 Å². The van der Waals surface area contributed by atoms with Crippen LogP contribution in [0.3, 0.4) is 0 Å². The number of fused-ring (bicyclic) bond motifs is 3. The van der Waals surface area contributed by atoms with Gasteiger partial charge in [0, 0.05) is 67.5 Å². The highest BCUT2D eigenvalue weighted by Crippen LogP contribution is 2.42. The fourth-order valence-electron chi connectivity index (χ4n) is 9.63. The molecule has 0 unspecified atom stereocenters. The van der Waals surface area contributed by atoms with Crippen LogP contribution in [-0.2, 0) is 0 Å². The first-order valence-corrected chi connectivity index (χ1v) is 23.7. The first-order chi connectivity index (χ1) is 34.7. The summed E-state index contributed by atoms with van der Waals surface area (Å²) in [7, 11) is 0. The molecule has 1 heterocycles. The Morgan fingerprint density at radius 1 is 0.200 bits per heavy atom. The second kappa shape index (κ2) is 18.7. The molecule has 0 aliphatic carbocycles. The van der Waals surface area contributed by atoms with Crippen LogP contribution < -0.4 is 14.7 Å². The Bertz CT molecular complexity index is 3400. The Balaban J connectivity index is 0.871. The van der Waals surface area contributed by atoms with Crippen molar-refractivity contribution >= 4 is 73.1 Å². The highest BCUT2D eigenvalue weighted by Gasteiger charge is 2.18. The molecule has 12 rings (SSSR count). The molecule has 70 heavy (non-hydrogen) atoms. The van der Waals surface area contributed by atoms with Crippen molar-refractivity contribution < 1.29 is 4.42 Å². The van der Waals surface area contributed by atoms with E-state index in [9.17, 15) is 0 Å². The van der Waals surface area contributed by atoms with Crippen LogP contribution in [-0.4, -0.2) is 0 Å². The summed E-state index contributed by atoms with van der Waals surface area (Å²) in [5.74, 6) is 0. The summed E-state index contributed by atoms with van der Waals surface area (Å²) in [6, 6.07) is 101. The second-order valence-corrected chi connectivity index (χ2v) is 17.4. The molecule has 12 aromatic rings. The Labute approximate surface area is 408 Å². The molecule has 0 atom stereocenters. The molecule has 0 aliphatic heterocycles. The second-order valence-electron chi connectivity index (χ2n) is 17.4. The van der Waals surface area contributed by atoms with Crippen molar-refractivity contribution in [3.63, 3.8) is 0 Å². The number of hydrogen-bond donors (Lipinski definition) is 0. The van der Waals surface area contributed by atoms with E-state index in [1.165, 1.54) is 0 Å². The molecular formula is C66H47N3O. The third kappa shape index (κ3) is 8.25. The van der Waals surface area contributed by atoms with Crippen molar-refractivity contribution in [2.75, 3.05) is 14.7 Å². The standard InChI is InChI=1S/C66H47N3O/c1-5-16-53(17-6-1)67(54-18-7-2-8-19-54)57-38-28-48(29-39-57)50-32-42-59(43-33-50)69(61-46-36-52(37-47-61)62-25-15-26-64-63-24-13-14-27-65(63)70-66(62)64)60-44-34-51(35-45-60)49-30-40-58(41-31-49)68(55-20-9-3-10-21-55)56-22-11-4-12-23-56/h1-47H. The topological polar surface area (TPSA) is 22.9 Å². The maximum Gasteiger partial charge on any atom is 0.143 e. The van der Waals surface area contributed by atoms with Crippen LogP contribution >= 0.6 is 0 Å². The van der Waals surface area contributed by atoms with Gasteiger partial charge in [0.25, 0.3) is 0 Å². The predicted octanol–water partition coefficient (Wildman–Crippen LogP) is 19.0. The monoisotopic (exact) mass is 897 g/mol. The quantitative estimate of drug-likeness (QED) is 0.122. The van der Waals surface area contributed by atoms with E-state index < -0.39 is 0 Å². The van der Waals surface area contributed by atoms with Crippen molar-refractivity contribution in [1.29, 1.82) is 0 Å². The van der Waals surface area contributed by atoms with E-state index >= 15 is 0 Å². The van der Waals surface area contributed by atoms with Crippen LogP contribution in [0.15, 0.2) is 290 Å². The number of anilines is 9. The van der Waals surface area contributed by atoms with E-state index in [2.05, 4.69) is 288 Å². The highest BCUT2D eigenvalue weighted by atomic mass is 16.3. The summed E-state index contributed by atoms with van der Waals surface area (Å²) in [6.45, 7) is 0. The molecule has 11 aromatic carbocycles. The van der Waals surface area contributed by atoms with Gasteiger partial charge < -0.3 is 19.1 Å². The van der Waals surface area contributed by atoms with Crippen LogP contribution in [0.2, 0.25) is 0 Å². The van der Waals surface area contributed by atoms with Gasteiger partial charge in [-0.15, -0.1) is 0 Å². The lowest BCUT2D eigenvalue weighted by molar-refractivity contribution is 0.670. The zero-order valence-corrected chi connectivity index (χ0v) is 38.4. The zero-order valence-electron chi connectivity index (χ0n) is 38.4. The smallest absolute Gasteiger partial charge is 0.143 e. The summed E-state index contributed by atoms with van der Waals surface area (Å²) in [6.07, 6.45) is 0. The van der Waals surface area contributed by atoms with Crippen LogP contribution in [0.1, 0.15) is 0 Å². The van der Waals surface area contributed by atoms with E-state index in [0.717, 1.165) is 107 Å². The van der Waals surface area contributed by atoms with Crippen LogP contribution in [0.25, 0.3) is 55.3 Å². The molecule has 332 valence electrons. The Morgan fingerprint density at radius 2 is 0.471 bits per heavy atom. The zero-order chi connectivity index (χ0) is 46.6. The number of para-hydroxylation sites is 6. The lowest BCUT2D eigenvalue weighted by Gasteiger charge is -2.27. The first kappa shape index (κ1) is 42.0. The molecule has 0 fully saturated rings. The minimum Gasteiger partial charge on any atom is -0.455 e. The van der Waals surface area contributed by atoms with Crippen molar-refractivity contribution in [2.24, 2.45) is 0 Å². The van der Waals surface area contributed by atoms with Crippen LogP contribution in [0.5, 0.6) is 0 Å². The molecular weight excluding hydrogens is 851 g/mol. The van der Waals surface area contributed by atoms with Gasteiger partial charge in [-0.25, -0.2) is 0 Å². The molecule has 0 saturated carbocycles. The van der Waals surface area contributed by atoms with Gasteiger partial charge >= 0.3 is 0 Å². The lowest BCUT2D eigenvalue weighted by Crippen LogP contribution is -2.10. The molecule has 0 N–H and O–H groups in total. The maximum absolute atomic E-state index is 6.45. The molecule has 0 radical (unpaired) electrons. The number of benzene rings is 11. The summed E-state index contributed by atoms with van der Waals surface area (Å²) in [4.78, 5) is 6.92. The minimum atomic E-state index is 0.897. The largest absolute Gasteiger partial charge is 0.455 e. The Morgan fingerprint density at radius 3 is 0.814 bits per heavy atom. The normalized spacial score (nSPS) is 11.1. The Kier molecular flexibility index (Phi) is 11.2. The predicted molar refractivity (Wildman–Crippen MR) is 294 cm³/mol. The molecule has 0 aliphatic rings. The van der Waals surface area contributed by atoms with Gasteiger partial charge in [-0.3, -0.25) is 0 Å². The van der Waals surface area contributed by atoms with E-state index in [0.29, 0.717) is 0 Å². The van der Waals surface area contributed by atoms with E-state index in [1.807, 2.05) is 12.1 Å². The number of furan rings is 1. The van der Waals surface area contributed by atoms with Crippen molar-refractivity contribution in [1.82, 2.24) is 0 Å². The van der Waals surface area contributed by atoms with Crippen molar-refractivity contribution in [3.8, 4) is 33.4 Å². The average molecular weight is 898 g/mol. The summed E-state index contributed by atoms with van der Waals surface area (Å²) in [5, 5.41) is 2.25. The molecule has 4 nitrogen and oxygen atoms in total. The van der Waals surface area contributed by atoms with E-state index in [1.54, 1.807) is 0 Å². The molecule has 1 aromatic heterocycles. The van der Waals surface area contributed by atoms with Gasteiger partial charge in [0.2, 0.25) is 0 Å². The molecule has 0 amide bonds. The van der Waals surface area contributed by atoms with E-state index in [4.69, 9.17) is 4.42 Å². The maximum atomic E-state index is 6.45. The number of nitrogens with zero attached hydrogens (tertiary/aromatic N) is 3. The summed E-state index contributed by atoms with van der Waals surface area (Å²) in [5.41, 5.74) is 18.4. The number of rotatable bonds is 12. The van der Waals surface area contributed by atoms with Crippen molar-refractivity contribution in [3.05, 3.63) is 285 Å². The third-order valence-electron chi connectivity index (χ3n) is 13.1. The van der Waals surface area contributed by atoms with Gasteiger partial charge in [0.05, 0.1) is 0 Å². The first-order valence-electron chi connectivity index (χ1n) is 23.7. The van der Waals surface area contributed by atoms with Crippen LogP contribution in [0, 0.1) is 0 Å². The van der Waals surface area contributed by atoms with Crippen LogP contribution in [0.4, 0.5) is 51.2 Å². The SMILES string of the molecule is c1ccc(N(c2ccccc2)c2ccc(-c3ccc(N(c4ccc(-c5ccc(N(c6ccccc6)c6ccccc6)cc5)cc4)c4ccc(-c5cccc6c5oc5ccccc56)cc4)cc3)cc2)cc1. The summed E-state index contributed by atoms with van der Waals surface area (Å²) < 4.78 is 6.45. The Hall–Kier alpha value is -9.38. The molecule has 0 saturated heterocycles. The van der Waals surface area contributed by atoms with Gasteiger partial charge in [0.15, 0.2) is 0 Å². The molecule has 4 heteroatoms. The fraction of sp³-hybridized carbons (Fsp3) is 0.